The highest BCUT2D eigenvalue weighted by molar-refractivity contribution is 5.76. The molecule has 3 aliphatic rings. The lowest BCUT2D eigenvalue weighted by Crippen LogP contribution is -2.43. The smallest absolute Gasteiger partial charge is 0.264 e. The summed E-state index contributed by atoms with van der Waals surface area (Å²) in [6.07, 6.45) is -0.627. The average molecular weight is 404 g/mol. The summed E-state index contributed by atoms with van der Waals surface area (Å²) in [7, 11) is 0. The van der Waals surface area contributed by atoms with Crippen molar-refractivity contribution in [2.45, 2.75) is 18.9 Å². The number of fused-ring (bicyclic) bond motifs is 3. The van der Waals surface area contributed by atoms with Gasteiger partial charge in [-0.05, 0) is 6.07 Å². The predicted molar refractivity (Wildman–Crippen MR) is 103 cm³/mol. The normalized spacial score (nSPS) is 21.4. The molecule has 8 nitrogen and oxygen atoms in total. The van der Waals surface area contributed by atoms with Crippen LogP contribution in [-0.2, 0) is 15.9 Å². The van der Waals surface area contributed by atoms with E-state index in [-0.39, 0.29) is 17.4 Å². The monoisotopic (exact) mass is 404 g/mol. The first-order chi connectivity index (χ1) is 14.1. The van der Waals surface area contributed by atoms with Crippen molar-refractivity contribution in [3.63, 3.8) is 0 Å². The second-order valence-electron chi connectivity index (χ2n) is 7.40. The summed E-state index contributed by atoms with van der Waals surface area (Å²) in [4.78, 5) is 17.9. The fraction of sp³-hybridized carbons (Fsp3) is 0.526. The van der Waals surface area contributed by atoms with Gasteiger partial charge in [0.25, 0.3) is 6.43 Å². The van der Waals surface area contributed by atoms with Crippen molar-refractivity contribution in [2.75, 3.05) is 61.6 Å². The molecule has 5 rings (SSSR count). The minimum absolute atomic E-state index is 0.0639. The number of pyridine rings is 1. The van der Waals surface area contributed by atoms with Crippen molar-refractivity contribution in [2.24, 2.45) is 0 Å². The van der Waals surface area contributed by atoms with Crippen LogP contribution in [0, 0.1) is 0 Å². The van der Waals surface area contributed by atoms with Gasteiger partial charge in [0.2, 0.25) is 5.95 Å². The van der Waals surface area contributed by atoms with Gasteiger partial charge in [-0.1, -0.05) is 0 Å². The zero-order valence-electron chi connectivity index (χ0n) is 15.9. The second-order valence-corrected chi connectivity index (χ2v) is 7.40. The first-order valence-electron chi connectivity index (χ1n) is 9.73. The zero-order valence-corrected chi connectivity index (χ0v) is 15.9. The van der Waals surface area contributed by atoms with Gasteiger partial charge in [-0.2, -0.15) is 4.98 Å². The summed E-state index contributed by atoms with van der Waals surface area (Å²) >= 11 is 0. The highest BCUT2D eigenvalue weighted by Gasteiger charge is 2.37. The van der Waals surface area contributed by atoms with Crippen LogP contribution in [0.1, 0.15) is 17.6 Å². The van der Waals surface area contributed by atoms with Gasteiger partial charge in [0.05, 0.1) is 38.2 Å². The van der Waals surface area contributed by atoms with E-state index in [1.54, 1.807) is 0 Å². The molecule has 2 saturated heterocycles. The standard InChI is InChI=1S/C19H22F2N6O2/c20-17(21)12-8-15(22)23-9-14(12)16-13-7-11-10-29-6-3-27(11)18(13)25-19(24-16)26-1-4-28-5-2-26/h8-9,11,17H,1-7,10H2,(H2,22,23)/t11-/m0/s1. The van der Waals surface area contributed by atoms with E-state index >= 15 is 0 Å². The molecule has 0 aliphatic carbocycles. The van der Waals surface area contributed by atoms with Gasteiger partial charge in [-0.3, -0.25) is 0 Å². The number of nitrogen functional groups attached to an aromatic ring is 1. The maximum atomic E-state index is 13.8. The lowest BCUT2D eigenvalue weighted by molar-refractivity contribution is 0.0974. The van der Waals surface area contributed by atoms with Crippen molar-refractivity contribution in [1.29, 1.82) is 0 Å². The van der Waals surface area contributed by atoms with Gasteiger partial charge in [0.1, 0.15) is 11.6 Å². The molecule has 0 saturated carbocycles. The van der Waals surface area contributed by atoms with Gasteiger partial charge in [-0.15, -0.1) is 0 Å². The van der Waals surface area contributed by atoms with E-state index in [0.717, 1.165) is 17.9 Å². The maximum absolute atomic E-state index is 13.8. The molecule has 2 aromatic rings. The lowest BCUT2D eigenvalue weighted by atomic mass is 10.0. The first kappa shape index (κ1) is 18.4. The summed E-state index contributed by atoms with van der Waals surface area (Å²) in [5.41, 5.74) is 7.20. The molecule has 0 spiro atoms. The highest BCUT2D eigenvalue weighted by atomic mass is 19.3. The SMILES string of the molecule is Nc1cc(C(F)F)c(-c2nc(N3CCOCC3)nc3c2C[C@H]2COCCN32)cn1. The number of hydrogen-bond acceptors (Lipinski definition) is 8. The van der Waals surface area contributed by atoms with Crippen LogP contribution in [0.4, 0.5) is 26.4 Å². The van der Waals surface area contributed by atoms with Crippen LogP contribution in [0.2, 0.25) is 0 Å². The lowest BCUT2D eigenvalue weighted by Gasteiger charge is -2.32. The Kier molecular flexibility index (Phi) is 4.67. The number of aromatic nitrogens is 3. The van der Waals surface area contributed by atoms with E-state index in [1.807, 2.05) is 4.90 Å². The Morgan fingerprint density at radius 3 is 2.69 bits per heavy atom. The van der Waals surface area contributed by atoms with Gasteiger partial charge in [0.15, 0.2) is 0 Å². The van der Waals surface area contributed by atoms with Crippen LogP contribution >= 0.6 is 0 Å². The molecule has 3 aliphatic heterocycles. The van der Waals surface area contributed by atoms with Crippen molar-refractivity contribution < 1.29 is 18.3 Å². The van der Waals surface area contributed by atoms with Gasteiger partial charge < -0.3 is 25.0 Å². The van der Waals surface area contributed by atoms with E-state index in [0.29, 0.717) is 63.1 Å². The number of anilines is 3. The van der Waals surface area contributed by atoms with Crippen molar-refractivity contribution >= 4 is 17.6 Å². The number of nitrogens with two attached hydrogens (primary N) is 1. The molecule has 0 bridgehead atoms. The van der Waals surface area contributed by atoms with E-state index < -0.39 is 6.43 Å². The minimum Gasteiger partial charge on any atom is -0.384 e. The zero-order chi connectivity index (χ0) is 20.0. The summed E-state index contributed by atoms with van der Waals surface area (Å²) in [6, 6.07) is 1.37. The molecule has 10 heteroatoms. The quantitative estimate of drug-likeness (QED) is 0.826. The molecule has 2 N–H and O–H groups in total. The number of nitrogens with zero attached hydrogens (tertiary/aromatic N) is 5. The van der Waals surface area contributed by atoms with Gasteiger partial charge >= 0.3 is 0 Å². The molecule has 5 heterocycles. The van der Waals surface area contributed by atoms with Gasteiger partial charge in [-0.25, -0.2) is 18.7 Å². The molecule has 154 valence electrons. The minimum atomic E-state index is -2.68. The molecule has 2 aromatic heterocycles. The Morgan fingerprint density at radius 2 is 1.90 bits per heavy atom. The molecular weight excluding hydrogens is 382 g/mol. The molecule has 1 atom stereocenters. The molecule has 0 radical (unpaired) electrons. The molecule has 0 aromatic carbocycles. The summed E-state index contributed by atoms with van der Waals surface area (Å²) in [5.74, 6) is 1.40. The third-order valence-electron chi connectivity index (χ3n) is 5.65. The van der Waals surface area contributed by atoms with Crippen molar-refractivity contribution in [3.05, 3.63) is 23.4 Å². The highest BCUT2D eigenvalue weighted by Crippen LogP contribution is 2.41. The maximum Gasteiger partial charge on any atom is 0.264 e. The largest absolute Gasteiger partial charge is 0.384 e. The van der Waals surface area contributed by atoms with Crippen LogP contribution in [0.5, 0.6) is 0 Å². The second kappa shape index (κ2) is 7.34. The van der Waals surface area contributed by atoms with Crippen molar-refractivity contribution in [1.82, 2.24) is 15.0 Å². The van der Waals surface area contributed by atoms with Crippen LogP contribution in [0.3, 0.4) is 0 Å². The molecular formula is C19H22F2N6O2. The fourth-order valence-corrected chi connectivity index (χ4v) is 4.22. The molecule has 0 unspecified atom stereocenters. The van der Waals surface area contributed by atoms with Crippen LogP contribution in [-0.4, -0.2) is 67.1 Å². The molecule has 2 fully saturated rings. The number of alkyl halides is 2. The predicted octanol–water partition coefficient (Wildman–Crippen LogP) is 1.66. The third kappa shape index (κ3) is 3.25. The van der Waals surface area contributed by atoms with Crippen LogP contribution in [0.25, 0.3) is 11.3 Å². The Hall–Kier alpha value is -2.59. The molecule has 0 amide bonds. The number of morpholine rings is 2. The third-order valence-corrected chi connectivity index (χ3v) is 5.65. The van der Waals surface area contributed by atoms with Gasteiger partial charge in [0, 0.05) is 48.9 Å². The molecule has 29 heavy (non-hydrogen) atoms. The van der Waals surface area contributed by atoms with Crippen LogP contribution in [0.15, 0.2) is 12.3 Å². The van der Waals surface area contributed by atoms with E-state index in [4.69, 9.17) is 25.2 Å². The number of rotatable bonds is 3. The summed E-state index contributed by atoms with van der Waals surface area (Å²) in [6.45, 7) is 4.42. The number of hydrogen-bond donors (Lipinski definition) is 1. The van der Waals surface area contributed by atoms with Crippen LogP contribution < -0.4 is 15.5 Å². The number of ether oxygens (including phenoxy) is 2. The van der Waals surface area contributed by atoms with E-state index in [1.165, 1.54) is 12.3 Å². The summed E-state index contributed by atoms with van der Waals surface area (Å²) < 4.78 is 38.7. The Balaban J connectivity index is 1.68. The fourth-order valence-electron chi connectivity index (χ4n) is 4.22. The van der Waals surface area contributed by atoms with E-state index in [9.17, 15) is 8.78 Å². The topological polar surface area (TPSA) is 89.6 Å². The van der Waals surface area contributed by atoms with Crippen molar-refractivity contribution in [3.8, 4) is 11.3 Å². The first-order valence-corrected chi connectivity index (χ1v) is 9.73. The summed E-state index contributed by atoms with van der Waals surface area (Å²) in [5, 5.41) is 0. The Morgan fingerprint density at radius 1 is 1.10 bits per heavy atom. The Bertz CT molecular complexity index is 922. The van der Waals surface area contributed by atoms with E-state index in [2.05, 4.69) is 9.88 Å². The Labute approximate surface area is 166 Å². The average Bonchev–Trinajstić information content (AvgIpc) is 3.12. The number of halogens is 2.